The van der Waals surface area contributed by atoms with Crippen LogP contribution in [0.4, 0.5) is 0 Å². The van der Waals surface area contributed by atoms with Gasteiger partial charge in [-0.25, -0.2) is 0 Å². The van der Waals surface area contributed by atoms with Crippen molar-refractivity contribution >= 4 is 0 Å². The van der Waals surface area contributed by atoms with Gasteiger partial charge in [-0.15, -0.1) is 0 Å². The monoisotopic (exact) mass is 222 g/mol. The first-order chi connectivity index (χ1) is 7.47. The molecule has 0 spiro atoms. The molecule has 1 rings (SSSR count). The largest absolute Gasteiger partial charge is 0.494 e. The van der Waals surface area contributed by atoms with Crippen LogP contribution in [0.3, 0.4) is 0 Å². The molecule has 2 nitrogen and oxygen atoms in total. The molecular weight excluding hydrogens is 200 g/mol. The second-order valence-electron chi connectivity index (χ2n) is 4.81. The highest BCUT2D eigenvalue weighted by molar-refractivity contribution is 5.41. The molecule has 0 saturated heterocycles. The molecular formula is C14H22O2. The third-order valence-corrected chi connectivity index (χ3v) is 2.37. The van der Waals surface area contributed by atoms with Gasteiger partial charge in [0.05, 0.1) is 13.2 Å². The zero-order chi connectivity index (χ0) is 12.2. The van der Waals surface area contributed by atoms with Crippen molar-refractivity contribution in [1.82, 2.24) is 0 Å². The Bertz CT molecular complexity index is 313. The maximum absolute atomic E-state index is 5.55. The highest BCUT2D eigenvalue weighted by Gasteiger charge is 2.16. The van der Waals surface area contributed by atoms with E-state index in [0.29, 0.717) is 13.2 Å². The fourth-order valence-electron chi connectivity index (χ4n) is 1.50. The van der Waals surface area contributed by atoms with E-state index in [0.717, 1.165) is 11.5 Å². The van der Waals surface area contributed by atoms with E-state index < -0.39 is 0 Å². The third kappa shape index (κ3) is 3.44. The van der Waals surface area contributed by atoms with E-state index >= 15 is 0 Å². The Balaban J connectivity index is 3.08. The number of hydrogen-bond donors (Lipinski definition) is 0. The number of ether oxygens (including phenoxy) is 2. The first-order valence-corrected chi connectivity index (χ1v) is 5.88. The Labute approximate surface area is 98.6 Å². The van der Waals surface area contributed by atoms with Gasteiger partial charge in [0.1, 0.15) is 11.5 Å². The smallest absolute Gasteiger partial charge is 0.123 e. The van der Waals surface area contributed by atoms with Gasteiger partial charge in [-0.3, -0.25) is 0 Å². The highest BCUT2D eigenvalue weighted by Crippen LogP contribution is 2.30. The molecule has 0 aliphatic rings. The summed E-state index contributed by atoms with van der Waals surface area (Å²) < 4.78 is 11.1. The summed E-state index contributed by atoms with van der Waals surface area (Å²) in [4.78, 5) is 0. The van der Waals surface area contributed by atoms with Gasteiger partial charge in [-0.1, -0.05) is 20.8 Å². The molecule has 0 fully saturated rings. The number of hydrogen-bond acceptors (Lipinski definition) is 2. The van der Waals surface area contributed by atoms with Crippen LogP contribution in [0.2, 0.25) is 0 Å². The summed E-state index contributed by atoms with van der Waals surface area (Å²) >= 11 is 0. The van der Waals surface area contributed by atoms with Crippen molar-refractivity contribution in [2.75, 3.05) is 13.2 Å². The van der Waals surface area contributed by atoms with Gasteiger partial charge in [0.25, 0.3) is 0 Å². The number of rotatable bonds is 4. The lowest BCUT2D eigenvalue weighted by molar-refractivity contribution is 0.321. The van der Waals surface area contributed by atoms with Crippen LogP contribution in [0, 0.1) is 0 Å². The summed E-state index contributed by atoms with van der Waals surface area (Å²) in [6, 6.07) is 6.13. The second kappa shape index (κ2) is 5.24. The minimum atomic E-state index is 0.110. The molecule has 2 heteroatoms. The highest BCUT2D eigenvalue weighted by atomic mass is 16.5. The molecule has 90 valence electrons. The van der Waals surface area contributed by atoms with Crippen LogP contribution in [-0.2, 0) is 5.41 Å². The van der Waals surface area contributed by atoms with E-state index in [-0.39, 0.29) is 5.41 Å². The van der Waals surface area contributed by atoms with Crippen molar-refractivity contribution in [2.45, 2.75) is 40.0 Å². The van der Waals surface area contributed by atoms with Gasteiger partial charge in [-0.05, 0) is 37.0 Å². The Morgan fingerprint density at radius 3 is 1.62 bits per heavy atom. The van der Waals surface area contributed by atoms with E-state index in [1.54, 1.807) is 0 Å². The molecule has 0 radical (unpaired) electrons. The third-order valence-electron chi connectivity index (χ3n) is 2.37. The van der Waals surface area contributed by atoms with E-state index in [2.05, 4.69) is 32.9 Å². The molecule has 0 aliphatic carbocycles. The molecule has 0 aromatic heterocycles. The molecule has 16 heavy (non-hydrogen) atoms. The molecule has 1 aromatic rings. The molecule has 0 aliphatic heterocycles. The molecule has 0 N–H and O–H groups in total. The van der Waals surface area contributed by atoms with Crippen molar-refractivity contribution in [3.05, 3.63) is 23.8 Å². The van der Waals surface area contributed by atoms with E-state index in [1.165, 1.54) is 5.56 Å². The van der Waals surface area contributed by atoms with Crippen LogP contribution in [0.1, 0.15) is 40.2 Å². The Kier molecular flexibility index (Phi) is 4.22. The lowest BCUT2D eigenvalue weighted by Crippen LogP contribution is -2.11. The quantitative estimate of drug-likeness (QED) is 0.771. The van der Waals surface area contributed by atoms with Crippen LogP contribution in [0.5, 0.6) is 11.5 Å². The fraction of sp³-hybridized carbons (Fsp3) is 0.571. The summed E-state index contributed by atoms with van der Waals surface area (Å²) in [6.45, 7) is 11.9. The Hall–Kier alpha value is -1.18. The molecule has 0 bridgehead atoms. The average molecular weight is 222 g/mol. The van der Waals surface area contributed by atoms with Gasteiger partial charge in [0.2, 0.25) is 0 Å². The maximum atomic E-state index is 5.55. The molecule has 1 aromatic carbocycles. The van der Waals surface area contributed by atoms with Gasteiger partial charge < -0.3 is 9.47 Å². The normalized spacial score (nSPS) is 11.3. The minimum Gasteiger partial charge on any atom is -0.494 e. The van der Waals surface area contributed by atoms with Crippen molar-refractivity contribution < 1.29 is 9.47 Å². The van der Waals surface area contributed by atoms with Gasteiger partial charge in [0.15, 0.2) is 0 Å². The Morgan fingerprint density at radius 1 is 0.875 bits per heavy atom. The summed E-state index contributed by atoms with van der Waals surface area (Å²) in [7, 11) is 0. The first kappa shape index (κ1) is 12.9. The molecule has 0 heterocycles. The maximum Gasteiger partial charge on any atom is 0.123 e. The lowest BCUT2D eigenvalue weighted by Gasteiger charge is -2.21. The predicted octanol–water partition coefficient (Wildman–Crippen LogP) is 3.78. The fourth-order valence-corrected chi connectivity index (χ4v) is 1.50. The topological polar surface area (TPSA) is 18.5 Å². The standard InChI is InChI=1S/C14H22O2/c1-6-15-12-8-11(14(3,4)5)9-13(10-12)16-7-2/h8-10H,6-7H2,1-5H3. The molecule has 0 amide bonds. The van der Waals surface area contributed by atoms with Crippen LogP contribution < -0.4 is 9.47 Å². The van der Waals surface area contributed by atoms with Crippen molar-refractivity contribution in [1.29, 1.82) is 0 Å². The lowest BCUT2D eigenvalue weighted by atomic mass is 9.87. The SMILES string of the molecule is CCOc1cc(OCC)cc(C(C)(C)C)c1. The summed E-state index contributed by atoms with van der Waals surface area (Å²) in [6.07, 6.45) is 0. The van der Waals surface area contributed by atoms with Crippen LogP contribution in [0.15, 0.2) is 18.2 Å². The molecule has 0 unspecified atom stereocenters. The Morgan fingerprint density at radius 2 is 1.31 bits per heavy atom. The first-order valence-electron chi connectivity index (χ1n) is 5.88. The summed E-state index contributed by atoms with van der Waals surface area (Å²) in [5.41, 5.74) is 1.35. The van der Waals surface area contributed by atoms with Gasteiger partial charge >= 0.3 is 0 Å². The summed E-state index contributed by atoms with van der Waals surface area (Å²) in [5, 5.41) is 0. The van der Waals surface area contributed by atoms with E-state index in [4.69, 9.17) is 9.47 Å². The van der Waals surface area contributed by atoms with E-state index in [1.807, 2.05) is 19.9 Å². The summed E-state index contributed by atoms with van der Waals surface area (Å²) in [5.74, 6) is 1.77. The zero-order valence-corrected chi connectivity index (χ0v) is 11.0. The van der Waals surface area contributed by atoms with Crippen LogP contribution >= 0.6 is 0 Å². The zero-order valence-electron chi connectivity index (χ0n) is 11.0. The van der Waals surface area contributed by atoms with Gasteiger partial charge in [0, 0.05) is 6.07 Å². The van der Waals surface area contributed by atoms with Crippen LogP contribution in [-0.4, -0.2) is 13.2 Å². The average Bonchev–Trinajstić information content (AvgIpc) is 2.17. The van der Waals surface area contributed by atoms with Gasteiger partial charge in [-0.2, -0.15) is 0 Å². The van der Waals surface area contributed by atoms with Crippen molar-refractivity contribution in [3.63, 3.8) is 0 Å². The minimum absolute atomic E-state index is 0.110. The van der Waals surface area contributed by atoms with Crippen molar-refractivity contribution in [3.8, 4) is 11.5 Å². The second-order valence-corrected chi connectivity index (χ2v) is 4.81. The van der Waals surface area contributed by atoms with Crippen LogP contribution in [0.25, 0.3) is 0 Å². The van der Waals surface area contributed by atoms with Crippen molar-refractivity contribution in [2.24, 2.45) is 0 Å². The van der Waals surface area contributed by atoms with E-state index in [9.17, 15) is 0 Å². The molecule has 0 saturated carbocycles. The molecule has 0 atom stereocenters. The number of benzene rings is 1. The predicted molar refractivity (Wildman–Crippen MR) is 67.5 cm³/mol.